The molecule has 4 nitrogen and oxygen atoms in total. The van der Waals surface area contributed by atoms with Gasteiger partial charge in [-0.15, -0.1) is 0 Å². The van der Waals surface area contributed by atoms with Gasteiger partial charge >= 0.3 is 12.6 Å². The fourth-order valence-corrected chi connectivity index (χ4v) is 2.58. The number of carbonyl (C=O) groups is 1. The van der Waals surface area contributed by atoms with E-state index in [1.165, 1.54) is 6.07 Å². The minimum Gasteiger partial charge on any atom is -0.433 e. The van der Waals surface area contributed by atoms with Crippen molar-refractivity contribution in [3.8, 4) is 5.75 Å². The summed E-state index contributed by atoms with van der Waals surface area (Å²) >= 11 is 0. The lowest BCUT2D eigenvalue weighted by Crippen LogP contribution is -2.35. The molecule has 1 unspecified atom stereocenters. The monoisotopic (exact) mass is 348 g/mol. The average Bonchev–Trinajstić information content (AvgIpc) is 2.56. The molecule has 0 bridgehead atoms. The third-order valence-corrected chi connectivity index (χ3v) is 3.80. The standard InChI is InChI=1S/C19H22F2N2O2/c1-12(2)16(14-9-5-4-6-10-14)22-19(24)23-17-13(3)8-7-11-15(17)25-18(20)21/h4-12,16,18H,1-3H3,(H2,22,23,24). The van der Waals surface area contributed by atoms with Gasteiger partial charge in [0.05, 0.1) is 11.7 Å². The maximum Gasteiger partial charge on any atom is 0.387 e. The molecule has 1 atom stereocenters. The Labute approximate surface area is 146 Å². The molecule has 0 saturated heterocycles. The lowest BCUT2D eigenvalue weighted by Gasteiger charge is -2.24. The quantitative estimate of drug-likeness (QED) is 0.762. The molecule has 0 aliphatic heterocycles. The first kappa shape index (κ1) is 18.7. The zero-order chi connectivity index (χ0) is 18.4. The normalized spacial score (nSPS) is 12.1. The van der Waals surface area contributed by atoms with E-state index in [1.54, 1.807) is 19.1 Å². The molecule has 0 fully saturated rings. The summed E-state index contributed by atoms with van der Waals surface area (Å²) in [6.45, 7) is 2.75. The molecule has 0 aromatic heterocycles. The number of urea groups is 1. The fourth-order valence-electron chi connectivity index (χ4n) is 2.58. The SMILES string of the molecule is Cc1cccc(OC(F)F)c1NC(=O)NC(c1ccccc1)C(C)C. The second-order valence-electron chi connectivity index (χ2n) is 6.06. The van der Waals surface area contributed by atoms with E-state index in [-0.39, 0.29) is 23.4 Å². The molecule has 0 aliphatic rings. The summed E-state index contributed by atoms with van der Waals surface area (Å²) in [6.07, 6.45) is 0. The van der Waals surface area contributed by atoms with Crippen LogP contribution in [0.5, 0.6) is 5.75 Å². The molecule has 0 aliphatic carbocycles. The van der Waals surface area contributed by atoms with Gasteiger partial charge < -0.3 is 15.4 Å². The van der Waals surface area contributed by atoms with Crippen LogP contribution in [0.2, 0.25) is 0 Å². The van der Waals surface area contributed by atoms with Crippen LogP contribution in [-0.2, 0) is 0 Å². The first-order valence-electron chi connectivity index (χ1n) is 8.05. The van der Waals surface area contributed by atoms with E-state index < -0.39 is 12.6 Å². The largest absolute Gasteiger partial charge is 0.433 e. The predicted octanol–water partition coefficient (Wildman–Crippen LogP) is 5.12. The minimum absolute atomic E-state index is 0.0639. The van der Waals surface area contributed by atoms with Crippen molar-refractivity contribution >= 4 is 11.7 Å². The molecule has 2 aromatic rings. The first-order valence-corrected chi connectivity index (χ1v) is 8.05. The molecule has 0 heterocycles. The van der Waals surface area contributed by atoms with E-state index >= 15 is 0 Å². The van der Waals surface area contributed by atoms with Crippen molar-refractivity contribution in [2.24, 2.45) is 5.92 Å². The van der Waals surface area contributed by atoms with Crippen molar-refractivity contribution in [3.63, 3.8) is 0 Å². The van der Waals surface area contributed by atoms with Crippen LogP contribution in [-0.4, -0.2) is 12.6 Å². The van der Waals surface area contributed by atoms with Gasteiger partial charge in [-0.3, -0.25) is 0 Å². The number of benzene rings is 2. The van der Waals surface area contributed by atoms with E-state index in [9.17, 15) is 13.6 Å². The maximum absolute atomic E-state index is 12.6. The highest BCUT2D eigenvalue weighted by atomic mass is 19.3. The van der Waals surface area contributed by atoms with E-state index in [0.717, 1.165) is 5.56 Å². The Bertz CT molecular complexity index is 706. The molecule has 2 rings (SSSR count). The van der Waals surface area contributed by atoms with Gasteiger partial charge in [-0.05, 0) is 30.0 Å². The van der Waals surface area contributed by atoms with E-state index in [0.29, 0.717) is 5.56 Å². The van der Waals surface area contributed by atoms with Crippen LogP contribution in [0.4, 0.5) is 19.3 Å². The zero-order valence-electron chi connectivity index (χ0n) is 14.4. The number of carbonyl (C=O) groups excluding carboxylic acids is 1. The van der Waals surface area contributed by atoms with Crippen molar-refractivity contribution in [3.05, 3.63) is 59.7 Å². The molecule has 2 aromatic carbocycles. The number of amides is 2. The van der Waals surface area contributed by atoms with Gasteiger partial charge in [-0.2, -0.15) is 8.78 Å². The number of anilines is 1. The average molecular weight is 348 g/mol. The number of hydrogen-bond acceptors (Lipinski definition) is 2. The second-order valence-corrected chi connectivity index (χ2v) is 6.06. The second kappa shape index (κ2) is 8.46. The number of aryl methyl sites for hydroxylation is 1. The Balaban J connectivity index is 2.16. The molecule has 0 radical (unpaired) electrons. The lowest BCUT2D eigenvalue weighted by atomic mass is 9.96. The van der Waals surface area contributed by atoms with Crippen LogP contribution in [0.25, 0.3) is 0 Å². The predicted molar refractivity (Wildman–Crippen MR) is 94.0 cm³/mol. The highest BCUT2D eigenvalue weighted by Crippen LogP contribution is 2.30. The summed E-state index contributed by atoms with van der Waals surface area (Å²) in [6, 6.07) is 13.6. The summed E-state index contributed by atoms with van der Waals surface area (Å²) in [4.78, 5) is 12.4. The Morgan fingerprint density at radius 1 is 1.04 bits per heavy atom. The molecule has 6 heteroatoms. The van der Waals surface area contributed by atoms with E-state index in [1.807, 2.05) is 44.2 Å². The number of rotatable bonds is 6. The van der Waals surface area contributed by atoms with Crippen LogP contribution in [0.15, 0.2) is 48.5 Å². The van der Waals surface area contributed by atoms with Gasteiger partial charge in [0.2, 0.25) is 0 Å². The van der Waals surface area contributed by atoms with Crippen LogP contribution in [0.3, 0.4) is 0 Å². The number of para-hydroxylation sites is 1. The van der Waals surface area contributed by atoms with Crippen molar-refractivity contribution in [2.45, 2.75) is 33.4 Å². The molecule has 2 amide bonds. The molecular weight excluding hydrogens is 326 g/mol. The smallest absolute Gasteiger partial charge is 0.387 e. The molecule has 134 valence electrons. The Kier molecular flexibility index (Phi) is 6.33. The summed E-state index contributed by atoms with van der Waals surface area (Å²) in [5, 5.41) is 5.53. The third-order valence-electron chi connectivity index (χ3n) is 3.80. The van der Waals surface area contributed by atoms with Crippen LogP contribution in [0.1, 0.15) is 31.0 Å². The molecule has 2 N–H and O–H groups in total. The molecule has 25 heavy (non-hydrogen) atoms. The summed E-state index contributed by atoms with van der Waals surface area (Å²) in [5.74, 6) is 0.0905. The van der Waals surface area contributed by atoms with Gasteiger partial charge in [0.1, 0.15) is 5.75 Å². The molecular formula is C19H22F2N2O2. The van der Waals surface area contributed by atoms with E-state index in [4.69, 9.17) is 0 Å². The summed E-state index contributed by atoms with van der Waals surface area (Å²) in [5.41, 5.74) is 1.84. The van der Waals surface area contributed by atoms with Crippen molar-refractivity contribution < 1.29 is 18.3 Å². The lowest BCUT2D eigenvalue weighted by molar-refractivity contribution is -0.0493. The van der Waals surface area contributed by atoms with Gasteiger partial charge in [0.25, 0.3) is 0 Å². The maximum atomic E-state index is 12.6. The van der Waals surface area contributed by atoms with Gasteiger partial charge in [0, 0.05) is 0 Å². The molecule has 0 saturated carbocycles. The fraction of sp³-hybridized carbons (Fsp3) is 0.316. The van der Waals surface area contributed by atoms with Crippen LogP contribution < -0.4 is 15.4 Å². The Morgan fingerprint density at radius 3 is 2.32 bits per heavy atom. The summed E-state index contributed by atoms with van der Waals surface area (Å²) < 4.78 is 29.6. The minimum atomic E-state index is -2.96. The number of nitrogens with one attached hydrogen (secondary N) is 2. The van der Waals surface area contributed by atoms with Gasteiger partial charge in [-0.1, -0.05) is 56.3 Å². The van der Waals surface area contributed by atoms with Crippen molar-refractivity contribution in [1.82, 2.24) is 5.32 Å². The third kappa shape index (κ3) is 5.17. The number of ether oxygens (including phenoxy) is 1. The topological polar surface area (TPSA) is 50.4 Å². The number of alkyl halides is 2. The number of hydrogen-bond donors (Lipinski definition) is 2. The van der Waals surface area contributed by atoms with Crippen LogP contribution in [0, 0.1) is 12.8 Å². The van der Waals surface area contributed by atoms with E-state index in [2.05, 4.69) is 15.4 Å². The highest BCUT2D eigenvalue weighted by molar-refractivity contribution is 5.92. The van der Waals surface area contributed by atoms with Crippen molar-refractivity contribution in [1.29, 1.82) is 0 Å². The zero-order valence-corrected chi connectivity index (χ0v) is 14.4. The highest BCUT2D eigenvalue weighted by Gasteiger charge is 2.20. The van der Waals surface area contributed by atoms with Crippen molar-refractivity contribution in [2.75, 3.05) is 5.32 Å². The first-order chi connectivity index (χ1) is 11.9. The van der Waals surface area contributed by atoms with Gasteiger partial charge in [0.15, 0.2) is 0 Å². The Hall–Kier alpha value is -2.63. The Morgan fingerprint density at radius 2 is 1.72 bits per heavy atom. The molecule has 0 spiro atoms. The number of halogens is 2. The summed E-state index contributed by atoms with van der Waals surface area (Å²) in [7, 11) is 0. The van der Waals surface area contributed by atoms with Crippen LogP contribution >= 0.6 is 0 Å². The van der Waals surface area contributed by atoms with Gasteiger partial charge in [-0.25, -0.2) is 4.79 Å².